The molecule has 4 aromatic carbocycles. The molecule has 0 aromatic heterocycles. The van der Waals surface area contributed by atoms with Crippen LogP contribution >= 0.6 is 0 Å². The van der Waals surface area contributed by atoms with Crippen LogP contribution in [0.15, 0.2) is 121 Å². The van der Waals surface area contributed by atoms with Crippen LogP contribution in [0.3, 0.4) is 0 Å². The molecule has 4 nitrogen and oxygen atoms in total. The van der Waals surface area contributed by atoms with Crippen LogP contribution < -0.4 is 42.4 Å². The molecule has 0 atom stereocenters. The van der Waals surface area contributed by atoms with E-state index in [1.165, 1.54) is 14.3 Å². The number of unbranched alkanes of at least 4 members (excludes halogenated alkanes) is 1. The number of halogens is 2. The molecule has 0 fully saturated rings. The molecule has 0 bridgehead atoms. The van der Waals surface area contributed by atoms with Gasteiger partial charge in [-0.05, 0) is 6.42 Å². The maximum atomic E-state index is 10.3. The van der Waals surface area contributed by atoms with Crippen molar-refractivity contribution in [2.45, 2.75) is 26.2 Å². The van der Waals surface area contributed by atoms with Crippen molar-refractivity contribution >= 4 is 11.9 Å². The molecule has 2 N–H and O–H groups in total. The number of hydrogen-bond acceptors (Lipinski definition) is 2. The van der Waals surface area contributed by atoms with Crippen LogP contribution in [0.1, 0.15) is 26.2 Å². The Bertz CT molecular complexity index is 989. The SMILES string of the molecule is CCCCC(C(=O)O)C(=O)O.c1ccc([I-]c2ccccc2)cc1.c1ccc([I-]c2ccccc2)cc1. The van der Waals surface area contributed by atoms with Gasteiger partial charge >= 0.3 is 190 Å². The van der Waals surface area contributed by atoms with Crippen molar-refractivity contribution in [2.24, 2.45) is 5.92 Å². The van der Waals surface area contributed by atoms with E-state index >= 15 is 0 Å². The minimum absolute atomic E-state index is 0.0287. The quantitative estimate of drug-likeness (QED) is 0.196. The van der Waals surface area contributed by atoms with Gasteiger partial charge in [-0.2, -0.15) is 0 Å². The Morgan fingerprint density at radius 2 is 0.838 bits per heavy atom. The molecule has 0 aliphatic rings. The van der Waals surface area contributed by atoms with Crippen LogP contribution in [0.2, 0.25) is 0 Å². The summed E-state index contributed by atoms with van der Waals surface area (Å²) in [5.74, 6) is -3.72. The van der Waals surface area contributed by atoms with Crippen LogP contribution in [-0.4, -0.2) is 22.2 Å². The summed E-state index contributed by atoms with van der Waals surface area (Å²) < 4.78 is 5.92. The standard InChI is InChI=1S/2C12H10I.C7H12O4/c2*1-3-7-11(8-4-1)13-12-9-5-2-6-10-12;1-2-3-4-5(6(8)9)7(10)11/h2*1-10H;5H,2-4H2,1H3,(H,8,9)(H,10,11)/q2*-1;. The first-order valence-corrected chi connectivity index (χ1v) is 16.3. The van der Waals surface area contributed by atoms with E-state index in [0.717, 1.165) is 6.42 Å². The molecule has 0 amide bonds. The van der Waals surface area contributed by atoms with Gasteiger partial charge in [0.25, 0.3) is 0 Å². The van der Waals surface area contributed by atoms with Crippen LogP contribution in [0.25, 0.3) is 0 Å². The summed E-state index contributed by atoms with van der Waals surface area (Å²) in [6, 6.07) is 42.8. The molecule has 4 aromatic rings. The molecule has 6 heteroatoms. The zero-order valence-electron chi connectivity index (χ0n) is 20.7. The molecule has 196 valence electrons. The molecular weight excluding hydrogens is 690 g/mol. The van der Waals surface area contributed by atoms with Crippen molar-refractivity contribution in [3.05, 3.63) is 136 Å². The van der Waals surface area contributed by atoms with E-state index in [1.807, 2.05) is 6.92 Å². The van der Waals surface area contributed by atoms with Crippen molar-refractivity contribution in [3.63, 3.8) is 0 Å². The van der Waals surface area contributed by atoms with E-state index in [9.17, 15) is 9.59 Å². The third kappa shape index (κ3) is 13.4. The average molecular weight is 722 g/mol. The van der Waals surface area contributed by atoms with Crippen molar-refractivity contribution in [2.75, 3.05) is 0 Å². The zero-order chi connectivity index (χ0) is 26.7. The summed E-state index contributed by atoms with van der Waals surface area (Å²) >= 11 is 0.0574. The second-order valence-corrected chi connectivity index (χ2v) is 13.8. The van der Waals surface area contributed by atoms with Gasteiger partial charge in [0.2, 0.25) is 0 Å². The van der Waals surface area contributed by atoms with Gasteiger partial charge in [-0.25, -0.2) is 0 Å². The molecule has 0 saturated carbocycles. The fraction of sp³-hybridized carbons (Fsp3) is 0.161. The Hall–Kier alpha value is -2.72. The number of hydrogen-bond donors (Lipinski definition) is 2. The van der Waals surface area contributed by atoms with E-state index in [-0.39, 0.29) is 48.8 Å². The van der Waals surface area contributed by atoms with Crippen molar-refractivity contribution in [1.82, 2.24) is 0 Å². The number of carboxylic acids is 2. The molecular formula is C31H32I2O4-2. The third-order valence-electron chi connectivity index (χ3n) is 4.81. The van der Waals surface area contributed by atoms with E-state index in [0.29, 0.717) is 6.42 Å². The molecule has 37 heavy (non-hydrogen) atoms. The summed E-state index contributed by atoms with van der Waals surface area (Å²) in [6.07, 6.45) is 1.68. The molecule has 0 radical (unpaired) electrons. The minimum atomic E-state index is -1.24. The number of carbonyl (C=O) groups is 2. The first-order valence-electron chi connectivity index (χ1n) is 11.9. The fourth-order valence-electron chi connectivity index (χ4n) is 2.92. The molecule has 0 aliphatic heterocycles. The Balaban J connectivity index is 0.000000196. The topological polar surface area (TPSA) is 74.6 Å². The van der Waals surface area contributed by atoms with Gasteiger partial charge in [0.15, 0.2) is 5.92 Å². The number of aliphatic carboxylic acids is 2. The predicted octanol–water partition coefficient (Wildman–Crippen LogP) is 0.592. The van der Waals surface area contributed by atoms with E-state index < -0.39 is 17.9 Å². The normalized spacial score (nSPS) is 10.1. The molecule has 0 saturated heterocycles. The summed E-state index contributed by atoms with van der Waals surface area (Å²) in [6.45, 7) is 1.89. The van der Waals surface area contributed by atoms with Gasteiger partial charge in [0, 0.05) is 0 Å². The number of benzene rings is 4. The monoisotopic (exact) mass is 722 g/mol. The Morgan fingerprint density at radius 1 is 0.568 bits per heavy atom. The molecule has 0 unspecified atom stereocenters. The molecule has 0 aliphatic carbocycles. The molecule has 4 rings (SSSR count). The summed E-state index contributed by atoms with van der Waals surface area (Å²) in [7, 11) is 0. The summed E-state index contributed by atoms with van der Waals surface area (Å²) in [5, 5.41) is 16.8. The zero-order valence-corrected chi connectivity index (χ0v) is 25.0. The second-order valence-electron chi connectivity index (χ2n) is 7.74. The second kappa shape index (κ2) is 18.5. The average Bonchev–Trinajstić information content (AvgIpc) is 2.92. The summed E-state index contributed by atoms with van der Waals surface area (Å²) in [4.78, 5) is 20.5. The van der Waals surface area contributed by atoms with Gasteiger partial charge in [0.05, 0.1) is 0 Å². The molecule has 0 heterocycles. The van der Waals surface area contributed by atoms with Crippen LogP contribution in [0, 0.1) is 20.2 Å². The van der Waals surface area contributed by atoms with Crippen molar-refractivity contribution in [3.8, 4) is 0 Å². The summed E-state index contributed by atoms with van der Waals surface area (Å²) in [5.41, 5.74) is 0. The van der Waals surface area contributed by atoms with Crippen LogP contribution in [0.5, 0.6) is 0 Å². The first-order chi connectivity index (χ1) is 18.0. The van der Waals surface area contributed by atoms with Crippen molar-refractivity contribution in [1.29, 1.82) is 0 Å². The van der Waals surface area contributed by atoms with Crippen LogP contribution in [-0.2, 0) is 9.59 Å². The van der Waals surface area contributed by atoms with Crippen molar-refractivity contribution < 1.29 is 62.2 Å². The van der Waals surface area contributed by atoms with Gasteiger partial charge in [0.1, 0.15) is 0 Å². The van der Waals surface area contributed by atoms with Crippen LogP contribution in [0.4, 0.5) is 0 Å². The number of carboxylic acid groups (broad SMARTS) is 2. The number of rotatable bonds is 9. The van der Waals surface area contributed by atoms with Gasteiger partial charge in [-0.1, -0.05) is 19.8 Å². The van der Waals surface area contributed by atoms with Gasteiger partial charge < -0.3 is 10.2 Å². The van der Waals surface area contributed by atoms with E-state index in [4.69, 9.17) is 10.2 Å². The Labute approximate surface area is 240 Å². The Morgan fingerprint density at radius 3 is 1.05 bits per heavy atom. The maximum absolute atomic E-state index is 10.3. The third-order valence-corrected chi connectivity index (χ3v) is 10.2. The van der Waals surface area contributed by atoms with Gasteiger partial charge in [-0.15, -0.1) is 0 Å². The van der Waals surface area contributed by atoms with E-state index in [2.05, 4.69) is 121 Å². The van der Waals surface area contributed by atoms with E-state index in [1.54, 1.807) is 0 Å². The molecule has 0 spiro atoms. The fourth-order valence-corrected chi connectivity index (χ4v) is 7.46. The Kier molecular flexibility index (Phi) is 15.3. The predicted molar refractivity (Wildman–Crippen MR) is 139 cm³/mol. The van der Waals surface area contributed by atoms with Gasteiger partial charge in [-0.3, -0.25) is 9.59 Å². The first kappa shape index (κ1) is 30.5.